The molecule has 2 aromatic rings. The summed E-state index contributed by atoms with van der Waals surface area (Å²) >= 11 is 0. The summed E-state index contributed by atoms with van der Waals surface area (Å²) in [6.07, 6.45) is 3.33. The van der Waals surface area contributed by atoms with Crippen LogP contribution in [0, 0.1) is 0 Å². The molecule has 2 rings (SSSR count). The number of alkyl halides is 2. The zero-order chi connectivity index (χ0) is 21.4. The van der Waals surface area contributed by atoms with Gasteiger partial charge < -0.3 is 25.2 Å². The van der Waals surface area contributed by atoms with Crippen LogP contribution in [0.5, 0.6) is 11.5 Å². The zero-order valence-electron chi connectivity index (χ0n) is 17.4. The molecule has 11 heteroatoms. The number of hydrogen-bond donors (Lipinski definition) is 3. The van der Waals surface area contributed by atoms with Gasteiger partial charge in [-0.15, -0.1) is 24.0 Å². The number of guanidine groups is 1. The first-order valence-corrected chi connectivity index (χ1v) is 9.10. The van der Waals surface area contributed by atoms with Crippen molar-refractivity contribution >= 4 is 29.9 Å². The molecule has 1 atom stereocenters. The Morgan fingerprint density at radius 1 is 1.37 bits per heavy atom. The van der Waals surface area contributed by atoms with E-state index in [9.17, 15) is 13.9 Å². The summed E-state index contributed by atoms with van der Waals surface area (Å²) in [5.74, 6) is 0.836. The highest BCUT2D eigenvalue weighted by Gasteiger charge is 2.25. The standard InChI is InChI=1S/C19H27F2N5O3.HI/c1-5-22-18(24-12-19(2,27)14-10-25-26(3)11-14)23-9-13-6-7-15(28-4)8-16(13)29-17(20)21;/h6-8,10-11,17,27H,5,9,12H2,1-4H3,(H2,22,23,24);1H. The molecule has 0 aliphatic rings. The molecule has 1 heterocycles. The first-order valence-electron chi connectivity index (χ1n) is 9.10. The van der Waals surface area contributed by atoms with Gasteiger partial charge in [-0.05, 0) is 26.0 Å². The zero-order valence-corrected chi connectivity index (χ0v) is 19.7. The molecule has 0 aliphatic carbocycles. The summed E-state index contributed by atoms with van der Waals surface area (Å²) in [6.45, 7) is 1.47. The number of aliphatic imine (C=N–C) groups is 1. The lowest BCUT2D eigenvalue weighted by Gasteiger charge is -2.23. The van der Waals surface area contributed by atoms with E-state index < -0.39 is 12.2 Å². The average Bonchev–Trinajstić information content (AvgIpc) is 3.11. The Morgan fingerprint density at radius 2 is 2.10 bits per heavy atom. The number of aliphatic hydroxyl groups is 1. The van der Waals surface area contributed by atoms with E-state index >= 15 is 0 Å². The van der Waals surface area contributed by atoms with Crippen LogP contribution < -0.4 is 20.1 Å². The van der Waals surface area contributed by atoms with Crippen LogP contribution in [0.25, 0.3) is 0 Å². The molecule has 0 bridgehead atoms. The van der Waals surface area contributed by atoms with Gasteiger partial charge in [0.1, 0.15) is 17.1 Å². The number of ether oxygens (including phenoxy) is 2. The minimum atomic E-state index is -2.95. The topological polar surface area (TPSA) is 92.9 Å². The van der Waals surface area contributed by atoms with E-state index in [1.165, 1.54) is 13.2 Å². The molecule has 0 fully saturated rings. The SMILES string of the molecule is CCNC(=NCc1ccc(OC)cc1OC(F)F)NCC(C)(O)c1cnn(C)c1.I. The molecule has 0 spiro atoms. The van der Waals surface area contributed by atoms with Crippen molar-refractivity contribution in [1.29, 1.82) is 0 Å². The lowest BCUT2D eigenvalue weighted by atomic mass is 10.00. The number of aryl methyl sites for hydroxylation is 1. The molecule has 8 nitrogen and oxygen atoms in total. The first kappa shape index (κ1) is 25.9. The van der Waals surface area contributed by atoms with Gasteiger partial charge in [-0.1, -0.05) is 0 Å². The number of benzene rings is 1. The monoisotopic (exact) mass is 539 g/mol. The Hall–Kier alpha value is -2.15. The van der Waals surface area contributed by atoms with Gasteiger partial charge in [-0.25, -0.2) is 4.99 Å². The van der Waals surface area contributed by atoms with Crippen LogP contribution in [0.3, 0.4) is 0 Å². The molecule has 1 aromatic carbocycles. The molecule has 30 heavy (non-hydrogen) atoms. The molecular formula is C19H28F2IN5O3. The van der Waals surface area contributed by atoms with Crippen LogP contribution in [0.15, 0.2) is 35.6 Å². The van der Waals surface area contributed by atoms with E-state index in [1.54, 1.807) is 43.2 Å². The molecule has 168 valence electrons. The molecule has 1 unspecified atom stereocenters. The highest BCUT2D eigenvalue weighted by Crippen LogP contribution is 2.27. The van der Waals surface area contributed by atoms with Gasteiger partial charge in [-0.2, -0.15) is 13.9 Å². The maximum Gasteiger partial charge on any atom is 0.387 e. The minimum absolute atomic E-state index is 0. The summed E-state index contributed by atoms with van der Waals surface area (Å²) < 4.78 is 36.7. The fourth-order valence-electron chi connectivity index (χ4n) is 2.56. The van der Waals surface area contributed by atoms with Crippen molar-refractivity contribution < 1.29 is 23.4 Å². The summed E-state index contributed by atoms with van der Waals surface area (Å²) in [5, 5.41) is 20.9. The summed E-state index contributed by atoms with van der Waals surface area (Å²) in [5.41, 5.74) is -0.0393. The predicted octanol–water partition coefficient (Wildman–Crippen LogP) is 2.61. The third kappa shape index (κ3) is 7.59. The van der Waals surface area contributed by atoms with E-state index in [-0.39, 0.29) is 42.8 Å². The molecule has 0 aliphatic heterocycles. The van der Waals surface area contributed by atoms with Gasteiger partial charge in [-0.3, -0.25) is 4.68 Å². The Morgan fingerprint density at radius 3 is 2.67 bits per heavy atom. The van der Waals surface area contributed by atoms with Gasteiger partial charge in [0.05, 0.1) is 26.4 Å². The van der Waals surface area contributed by atoms with Crippen molar-refractivity contribution in [1.82, 2.24) is 20.4 Å². The smallest absolute Gasteiger partial charge is 0.387 e. The van der Waals surface area contributed by atoms with Crippen LogP contribution in [0.2, 0.25) is 0 Å². The number of halogens is 3. The van der Waals surface area contributed by atoms with Gasteiger partial charge in [0.15, 0.2) is 5.96 Å². The second-order valence-corrected chi connectivity index (χ2v) is 6.58. The largest absolute Gasteiger partial charge is 0.497 e. The maximum absolute atomic E-state index is 12.7. The van der Waals surface area contributed by atoms with Gasteiger partial charge in [0.25, 0.3) is 0 Å². The number of hydrogen-bond acceptors (Lipinski definition) is 5. The van der Waals surface area contributed by atoms with E-state index in [4.69, 9.17) is 4.74 Å². The van der Waals surface area contributed by atoms with Crippen molar-refractivity contribution in [3.8, 4) is 11.5 Å². The van der Waals surface area contributed by atoms with Crippen LogP contribution in [-0.4, -0.2) is 47.7 Å². The summed E-state index contributed by atoms with van der Waals surface area (Å²) in [6, 6.07) is 4.66. The molecule has 0 saturated heterocycles. The van der Waals surface area contributed by atoms with Gasteiger partial charge in [0.2, 0.25) is 0 Å². The van der Waals surface area contributed by atoms with Crippen molar-refractivity contribution in [2.45, 2.75) is 32.6 Å². The summed E-state index contributed by atoms with van der Waals surface area (Å²) in [7, 11) is 3.22. The van der Waals surface area contributed by atoms with Crippen molar-refractivity contribution in [2.75, 3.05) is 20.2 Å². The highest BCUT2D eigenvalue weighted by atomic mass is 127. The van der Waals surface area contributed by atoms with Gasteiger partial charge >= 0.3 is 6.61 Å². The minimum Gasteiger partial charge on any atom is -0.497 e. The molecule has 0 radical (unpaired) electrons. The maximum atomic E-state index is 12.7. The molecule has 0 saturated carbocycles. The van der Waals surface area contributed by atoms with Crippen LogP contribution in [0.1, 0.15) is 25.0 Å². The van der Waals surface area contributed by atoms with E-state index in [1.807, 2.05) is 6.92 Å². The van der Waals surface area contributed by atoms with Gasteiger partial charge in [0, 0.05) is 37.0 Å². The fourth-order valence-corrected chi connectivity index (χ4v) is 2.56. The fraction of sp³-hybridized carbons (Fsp3) is 0.474. The van der Waals surface area contributed by atoms with E-state index in [2.05, 4.69) is 25.5 Å². The molecule has 1 aromatic heterocycles. The Kier molecular flexibility index (Phi) is 10.3. The molecule has 3 N–H and O–H groups in total. The quantitative estimate of drug-likeness (QED) is 0.258. The third-order valence-corrected chi connectivity index (χ3v) is 4.17. The lowest BCUT2D eigenvalue weighted by Crippen LogP contribution is -2.44. The van der Waals surface area contributed by atoms with Crippen molar-refractivity contribution in [3.63, 3.8) is 0 Å². The Labute approximate surface area is 191 Å². The molecule has 0 amide bonds. The van der Waals surface area contributed by atoms with E-state index in [0.29, 0.717) is 29.4 Å². The Bertz CT molecular complexity index is 830. The third-order valence-electron chi connectivity index (χ3n) is 4.17. The summed E-state index contributed by atoms with van der Waals surface area (Å²) in [4.78, 5) is 4.41. The van der Waals surface area contributed by atoms with Crippen LogP contribution >= 0.6 is 24.0 Å². The first-order chi connectivity index (χ1) is 13.7. The van der Waals surface area contributed by atoms with Crippen molar-refractivity contribution in [3.05, 3.63) is 41.7 Å². The second kappa shape index (κ2) is 11.9. The normalized spacial score (nSPS) is 13.4. The van der Waals surface area contributed by atoms with Crippen LogP contribution in [-0.2, 0) is 19.2 Å². The number of methoxy groups -OCH3 is 1. The van der Waals surface area contributed by atoms with Crippen LogP contribution in [0.4, 0.5) is 8.78 Å². The lowest BCUT2D eigenvalue weighted by molar-refractivity contribution is -0.0505. The average molecular weight is 539 g/mol. The highest BCUT2D eigenvalue weighted by molar-refractivity contribution is 14.0. The Balaban J connectivity index is 0.00000450. The number of aromatic nitrogens is 2. The van der Waals surface area contributed by atoms with Crippen molar-refractivity contribution in [2.24, 2.45) is 12.0 Å². The second-order valence-electron chi connectivity index (χ2n) is 6.58. The number of rotatable bonds is 9. The molecular weight excluding hydrogens is 511 g/mol. The van der Waals surface area contributed by atoms with E-state index in [0.717, 1.165) is 0 Å². The number of nitrogens with zero attached hydrogens (tertiary/aromatic N) is 3. The number of nitrogens with one attached hydrogen (secondary N) is 2. The predicted molar refractivity (Wildman–Crippen MR) is 121 cm³/mol.